The fourth-order valence-electron chi connectivity index (χ4n) is 1.37. The summed E-state index contributed by atoms with van der Waals surface area (Å²) in [6, 6.07) is 1.87. The summed E-state index contributed by atoms with van der Waals surface area (Å²) in [5.74, 6) is -1.98. The van der Waals surface area contributed by atoms with E-state index >= 15 is 0 Å². The Balaban J connectivity index is 0.00000361. The maximum atomic E-state index is 11.5. The molecule has 1 unspecified atom stereocenters. The monoisotopic (exact) mass is 307 g/mol. The number of halogens is 1. The molecule has 1 rings (SSSR count). The van der Waals surface area contributed by atoms with Crippen LogP contribution in [0.25, 0.3) is 0 Å². The van der Waals surface area contributed by atoms with Gasteiger partial charge in [-0.3, -0.25) is 10.2 Å². The Morgan fingerprint density at radius 1 is 1.25 bits per heavy atom. The van der Waals surface area contributed by atoms with Crippen LogP contribution in [0.4, 0.5) is 0 Å². The molecule has 9 heteroatoms. The van der Waals surface area contributed by atoms with E-state index in [-0.39, 0.29) is 25.6 Å². The van der Waals surface area contributed by atoms with Crippen LogP contribution in [-0.4, -0.2) is 46.0 Å². The first kappa shape index (κ1) is 18.3. The van der Waals surface area contributed by atoms with Crippen molar-refractivity contribution < 1.29 is 25.2 Å². The number of phenolic OH excluding ortho intramolecular Hbond substituents is 3. The average Bonchev–Trinajstić information content (AvgIpc) is 2.40. The Bertz CT molecular complexity index is 454. The number of aliphatic hydroxyl groups is 1. The van der Waals surface area contributed by atoms with Gasteiger partial charge in [0.15, 0.2) is 11.5 Å². The van der Waals surface area contributed by atoms with Gasteiger partial charge >= 0.3 is 0 Å². The van der Waals surface area contributed by atoms with Gasteiger partial charge in [0.1, 0.15) is 6.04 Å². The van der Waals surface area contributed by atoms with Crippen LogP contribution in [0.5, 0.6) is 17.2 Å². The van der Waals surface area contributed by atoms with Crippen molar-refractivity contribution in [3.63, 3.8) is 0 Å². The highest BCUT2D eigenvalue weighted by molar-refractivity contribution is 5.85. The fraction of sp³-hybridized carbons (Fsp3) is 0.364. The van der Waals surface area contributed by atoms with Gasteiger partial charge in [0.05, 0.1) is 6.61 Å². The minimum atomic E-state index is -0.741. The highest BCUT2D eigenvalue weighted by Gasteiger charge is 2.15. The Labute approximate surface area is 121 Å². The van der Waals surface area contributed by atoms with Crippen molar-refractivity contribution in [3.05, 3.63) is 17.7 Å². The molecule has 0 aliphatic carbocycles. The van der Waals surface area contributed by atoms with E-state index in [0.29, 0.717) is 5.56 Å². The molecule has 0 radical (unpaired) electrons. The molecular weight excluding hydrogens is 290 g/mol. The highest BCUT2D eigenvalue weighted by Crippen LogP contribution is 2.36. The second-order valence-corrected chi connectivity index (χ2v) is 3.81. The minimum absolute atomic E-state index is 0. The summed E-state index contributed by atoms with van der Waals surface area (Å²) in [6.07, 6.45) is 0. The van der Waals surface area contributed by atoms with Gasteiger partial charge in [-0.05, 0) is 13.1 Å². The van der Waals surface area contributed by atoms with Crippen molar-refractivity contribution in [2.45, 2.75) is 12.6 Å². The maximum Gasteiger partial charge on any atom is 0.253 e. The normalized spacial score (nSPS) is 11.5. The van der Waals surface area contributed by atoms with Gasteiger partial charge in [0, 0.05) is 12.1 Å². The molecule has 0 spiro atoms. The lowest BCUT2D eigenvalue weighted by Crippen LogP contribution is -2.49. The van der Waals surface area contributed by atoms with Gasteiger partial charge in [-0.25, -0.2) is 5.43 Å². The first-order chi connectivity index (χ1) is 9.01. The number of likely N-dealkylation sites (N-methyl/N-ethyl adjacent to an activating group) is 1. The van der Waals surface area contributed by atoms with Crippen molar-refractivity contribution in [2.75, 3.05) is 13.7 Å². The molecule has 0 heterocycles. The Morgan fingerprint density at radius 3 is 2.45 bits per heavy atom. The zero-order valence-electron chi connectivity index (χ0n) is 10.8. The number of aromatic hydroxyl groups is 3. The number of phenols is 3. The zero-order chi connectivity index (χ0) is 14.4. The third-order valence-corrected chi connectivity index (χ3v) is 2.55. The SMILES string of the molecule is CNC(CO)C(=O)NNCc1ccc(O)c(O)c1O.Cl. The first-order valence-corrected chi connectivity index (χ1v) is 5.54. The minimum Gasteiger partial charge on any atom is -0.504 e. The van der Waals surface area contributed by atoms with Crippen LogP contribution in [-0.2, 0) is 11.3 Å². The van der Waals surface area contributed by atoms with Crippen LogP contribution in [0.15, 0.2) is 12.1 Å². The van der Waals surface area contributed by atoms with Crippen molar-refractivity contribution >= 4 is 18.3 Å². The molecule has 0 aliphatic heterocycles. The van der Waals surface area contributed by atoms with Crippen molar-refractivity contribution in [2.24, 2.45) is 0 Å². The number of nitrogens with one attached hydrogen (secondary N) is 3. The molecular formula is C11H18ClN3O5. The number of amides is 1. The predicted octanol–water partition coefficient (Wildman–Crippen LogP) is -1.07. The number of carbonyl (C=O) groups excluding carboxylic acids is 1. The molecule has 114 valence electrons. The van der Waals surface area contributed by atoms with E-state index in [1.165, 1.54) is 19.2 Å². The highest BCUT2D eigenvalue weighted by atomic mass is 35.5. The van der Waals surface area contributed by atoms with E-state index in [4.69, 9.17) is 10.2 Å². The Kier molecular flexibility index (Phi) is 7.70. The Morgan fingerprint density at radius 2 is 1.90 bits per heavy atom. The van der Waals surface area contributed by atoms with Crippen LogP contribution in [0.1, 0.15) is 5.56 Å². The van der Waals surface area contributed by atoms with E-state index in [1.54, 1.807) is 0 Å². The van der Waals surface area contributed by atoms with Gasteiger partial charge in [-0.1, -0.05) is 6.07 Å². The van der Waals surface area contributed by atoms with Crippen molar-refractivity contribution in [1.82, 2.24) is 16.2 Å². The van der Waals surface area contributed by atoms with Gasteiger partial charge in [-0.2, -0.15) is 0 Å². The summed E-state index contributed by atoms with van der Waals surface area (Å²) in [5, 5.41) is 39.4. The quantitative estimate of drug-likeness (QED) is 0.263. The summed E-state index contributed by atoms with van der Waals surface area (Å²) in [7, 11) is 1.53. The smallest absolute Gasteiger partial charge is 0.253 e. The largest absolute Gasteiger partial charge is 0.504 e. The second kappa shape index (κ2) is 8.43. The molecule has 1 aromatic carbocycles. The lowest BCUT2D eigenvalue weighted by Gasteiger charge is -2.14. The molecule has 1 amide bonds. The molecule has 1 atom stereocenters. The summed E-state index contributed by atoms with van der Waals surface area (Å²) >= 11 is 0. The van der Waals surface area contributed by atoms with Crippen LogP contribution >= 0.6 is 12.4 Å². The number of rotatable bonds is 6. The number of carbonyl (C=O) groups is 1. The Hall–Kier alpha value is -1.74. The average molecular weight is 308 g/mol. The van der Waals surface area contributed by atoms with Crippen LogP contribution in [0.2, 0.25) is 0 Å². The summed E-state index contributed by atoms with van der Waals surface area (Å²) < 4.78 is 0. The fourth-order valence-corrected chi connectivity index (χ4v) is 1.37. The van der Waals surface area contributed by atoms with Crippen LogP contribution < -0.4 is 16.2 Å². The van der Waals surface area contributed by atoms with Gasteiger partial charge in [-0.15, -0.1) is 12.4 Å². The molecule has 0 bridgehead atoms. The molecule has 8 nitrogen and oxygen atoms in total. The molecule has 7 N–H and O–H groups in total. The maximum absolute atomic E-state index is 11.5. The molecule has 0 saturated heterocycles. The number of benzene rings is 1. The first-order valence-electron chi connectivity index (χ1n) is 5.54. The zero-order valence-corrected chi connectivity index (χ0v) is 11.6. The number of hydrogen-bond donors (Lipinski definition) is 7. The lowest BCUT2D eigenvalue weighted by atomic mass is 10.2. The standard InChI is InChI=1S/C11H17N3O5.ClH/c1-12-7(5-15)11(19)14-13-4-6-2-3-8(16)10(18)9(6)17;/h2-3,7,12-13,15-18H,4-5H2,1H3,(H,14,19);1H. The summed E-state index contributed by atoms with van der Waals surface area (Å²) in [4.78, 5) is 11.5. The van der Waals surface area contributed by atoms with E-state index in [2.05, 4.69) is 16.2 Å². The summed E-state index contributed by atoms with van der Waals surface area (Å²) in [5.41, 5.74) is 5.15. The predicted molar refractivity (Wildman–Crippen MR) is 73.6 cm³/mol. The second-order valence-electron chi connectivity index (χ2n) is 3.81. The lowest BCUT2D eigenvalue weighted by molar-refractivity contribution is -0.125. The van der Waals surface area contributed by atoms with Crippen molar-refractivity contribution in [3.8, 4) is 17.2 Å². The third kappa shape index (κ3) is 4.42. The third-order valence-electron chi connectivity index (χ3n) is 2.55. The van der Waals surface area contributed by atoms with Crippen LogP contribution in [0.3, 0.4) is 0 Å². The molecule has 0 aliphatic rings. The molecule has 20 heavy (non-hydrogen) atoms. The van der Waals surface area contributed by atoms with Crippen LogP contribution in [0, 0.1) is 0 Å². The van der Waals surface area contributed by atoms with Gasteiger partial charge < -0.3 is 25.7 Å². The molecule has 0 fully saturated rings. The topological polar surface area (TPSA) is 134 Å². The van der Waals surface area contributed by atoms with Crippen molar-refractivity contribution in [1.29, 1.82) is 0 Å². The van der Waals surface area contributed by atoms with E-state index in [0.717, 1.165) is 0 Å². The van der Waals surface area contributed by atoms with Gasteiger partial charge in [0.25, 0.3) is 5.91 Å². The number of aliphatic hydroxyl groups excluding tert-OH is 1. The van der Waals surface area contributed by atoms with E-state index in [9.17, 15) is 15.0 Å². The number of hydrogen-bond acceptors (Lipinski definition) is 7. The molecule has 0 aromatic heterocycles. The molecule has 0 saturated carbocycles. The summed E-state index contributed by atoms with van der Waals surface area (Å²) in [6.45, 7) is -0.317. The number of hydrazine groups is 1. The molecule has 1 aromatic rings. The van der Waals surface area contributed by atoms with E-state index < -0.39 is 29.2 Å². The van der Waals surface area contributed by atoms with Gasteiger partial charge in [0.2, 0.25) is 5.75 Å². The van der Waals surface area contributed by atoms with E-state index in [1.807, 2.05) is 0 Å².